The molecule has 0 aromatic carbocycles. The Morgan fingerprint density at radius 2 is 0.810 bits per heavy atom. The highest BCUT2D eigenvalue weighted by Crippen LogP contribution is 2.23. The maximum atomic E-state index is 5.73. The number of hydrogen-bond donors (Lipinski definition) is 0. The standard InChI is InChI=1S/C20H42O/c1-19(2,3)15-11-7-9-13-17-21-18-14-10-8-12-16-20(4,5)6/h7-18H2,1-6H3. The van der Waals surface area contributed by atoms with Gasteiger partial charge in [0.25, 0.3) is 0 Å². The molecule has 0 heterocycles. The molecular formula is C20H42O. The van der Waals surface area contributed by atoms with Crippen molar-refractivity contribution < 1.29 is 4.74 Å². The third kappa shape index (κ3) is 20.0. The lowest BCUT2D eigenvalue weighted by molar-refractivity contribution is 0.125. The monoisotopic (exact) mass is 298 g/mol. The maximum Gasteiger partial charge on any atom is 0.0466 e. The zero-order valence-electron chi connectivity index (χ0n) is 15.9. The summed E-state index contributed by atoms with van der Waals surface area (Å²) in [7, 11) is 0. The van der Waals surface area contributed by atoms with Crippen molar-refractivity contribution in [3.63, 3.8) is 0 Å². The van der Waals surface area contributed by atoms with Gasteiger partial charge in [0.2, 0.25) is 0 Å². The van der Waals surface area contributed by atoms with Gasteiger partial charge in [-0.3, -0.25) is 0 Å². The third-order valence-electron chi connectivity index (χ3n) is 3.93. The van der Waals surface area contributed by atoms with Crippen LogP contribution < -0.4 is 0 Å². The van der Waals surface area contributed by atoms with Gasteiger partial charge in [0.05, 0.1) is 0 Å². The van der Waals surface area contributed by atoms with Crippen molar-refractivity contribution >= 4 is 0 Å². The number of ether oxygens (including phenoxy) is 1. The van der Waals surface area contributed by atoms with Crippen LogP contribution in [0.2, 0.25) is 0 Å². The SMILES string of the molecule is CC(C)(C)CCCCCCOCCCCCCC(C)(C)C. The predicted octanol–water partition coefficient (Wildman–Crippen LogP) is 7.00. The molecule has 0 amide bonds. The lowest BCUT2D eigenvalue weighted by Gasteiger charge is -2.17. The van der Waals surface area contributed by atoms with Crippen molar-refractivity contribution in [3.8, 4) is 0 Å². The highest BCUT2D eigenvalue weighted by atomic mass is 16.5. The molecule has 128 valence electrons. The van der Waals surface area contributed by atoms with Crippen LogP contribution in [0.25, 0.3) is 0 Å². The maximum absolute atomic E-state index is 5.73. The van der Waals surface area contributed by atoms with Crippen LogP contribution in [-0.4, -0.2) is 13.2 Å². The lowest BCUT2D eigenvalue weighted by Crippen LogP contribution is -2.04. The minimum atomic E-state index is 0.503. The van der Waals surface area contributed by atoms with Crippen LogP contribution in [0.15, 0.2) is 0 Å². The molecule has 0 aliphatic heterocycles. The van der Waals surface area contributed by atoms with E-state index >= 15 is 0 Å². The van der Waals surface area contributed by atoms with Gasteiger partial charge >= 0.3 is 0 Å². The summed E-state index contributed by atoms with van der Waals surface area (Å²) in [4.78, 5) is 0. The van der Waals surface area contributed by atoms with E-state index in [1.54, 1.807) is 0 Å². The number of rotatable bonds is 12. The smallest absolute Gasteiger partial charge is 0.0466 e. The molecule has 0 rings (SSSR count). The van der Waals surface area contributed by atoms with Crippen molar-refractivity contribution in [2.45, 2.75) is 106 Å². The Morgan fingerprint density at radius 3 is 1.14 bits per heavy atom. The van der Waals surface area contributed by atoms with E-state index in [-0.39, 0.29) is 0 Å². The molecule has 0 aromatic heterocycles. The molecule has 0 atom stereocenters. The van der Waals surface area contributed by atoms with E-state index < -0.39 is 0 Å². The fourth-order valence-corrected chi connectivity index (χ4v) is 2.53. The molecule has 0 N–H and O–H groups in total. The van der Waals surface area contributed by atoms with Gasteiger partial charge in [-0.1, -0.05) is 80.1 Å². The minimum Gasteiger partial charge on any atom is -0.381 e. The molecule has 21 heavy (non-hydrogen) atoms. The van der Waals surface area contributed by atoms with Gasteiger partial charge in [-0.25, -0.2) is 0 Å². The Labute approximate surface area is 135 Å². The van der Waals surface area contributed by atoms with Crippen molar-refractivity contribution in [2.24, 2.45) is 10.8 Å². The largest absolute Gasteiger partial charge is 0.381 e. The van der Waals surface area contributed by atoms with Crippen LogP contribution in [0.1, 0.15) is 106 Å². The second-order valence-electron chi connectivity index (χ2n) is 9.06. The molecule has 0 spiro atoms. The van der Waals surface area contributed by atoms with E-state index in [1.165, 1.54) is 64.2 Å². The highest BCUT2D eigenvalue weighted by Gasteiger charge is 2.09. The first kappa shape index (κ1) is 21.0. The second kappa shape index (κ2) is 11.5. The molecule has 0 aliphatic carbocycles. The van der Waals surface area contributed by atoms with Crippen molar-refractivity contribution in [1.29, 1.82) is 0 Å². The summed E-state index contributed by atoms with van der Waals surface area (Å²) in [5.41, 5.74) is 1.01. The van der Waals surface area contributed by atoms with Crippen LogP contribution in [0.3, 0.4) is 0 Å². The fraction of sp³-hybridized carbons (Fsp3) is 1.00. The van der Waals surface area contributed by atoms with E-state index in [1.807, 2.05) is 0 Å². The van der Waals surface area contributed by atoms with Gasteiger partial charge in [0, 0.05) is 13.2 Å². The summed E-state index contributed by atoms with van der Waals surface area (Å²) in [6.07, 6.45) is 13.3. The second-order valence-corrected chi connectivity index (χ2v) is 9.06. The molecule has 0 radical (unpaired) electrons. The topological polar surface area (TPSA) is 9.23 Å². The number of hydrogen-bond acceptors (Lipinski definition) is 1. The molecule has 0 bridgehead atoms. The summed E-state index contributed by atoms with van der Waals surface area (Å²) in [5.74, 6) is 0. The van der Waals surface area contributed by atoms with Crippen molar-refractivity contribution in [2.75, 3.05) is 13.2 Å². The molecule has 0 aliphatic rings. The van der Waals surface area contributed by atoms with Crippen LogP contribution in [0.4, 0.5) is 0 Å². The summed E-state index contributed by atoms with van der Waals surface area (Å²) in [6.45, 7) is 15.9. The zero-order valence-corrected chi connectivity index (χ0v) is 15.9. The average molecular weight is 299 g/mol. The Kier molecular flexibility index (Phi) is 11.5. The molecule has 0 saturated carbocycles. The minimum absolute atomic E-state index is 0.503. The Hall–Kier alpha value is -0.0400. The van der Waals surface area contributed by atoms with E-state index in [4.69, 9.17) is 4.74 Å². The zero-order chi connectivity index (χ0) is 16.2. The normalized spacial score (nSPS) is 12.9. The van der Waals surface area contributed by atoms with E-state index in [9.17, 15) is 0 Å². The molecule has 0 aromatic rings. The molecule has 0 fully saturated rings. The van der Waals surface area contributed by atoms with Gasteiger partial charge in [-0.15, -0.1) is 0 Å². The van der Waals surface area contributed by atoms with Crippen LogP contribution >= 0.6 is 0 Å². The van der Waals surface area contributed by atoms with Gasteiger partial charge in [0.15, 0.2) is 0 Å². The van der Waals surface area contributed by atoms with E-state index in [2.05, 4.69) is 41.5 Å². The van der Waals surface area contributed by atoms with Crippen molar-refractivity contribution in [3.05, 3.63) is 0 Å². The van der Waals surface area contributed by atoms with Gasteiger partial charge in [-0.05, 0) is 36.5 Å². The van der Waals surface area contributed by atoms with Gasteiger partial charge in [0.1, 0.15) is 0 Å². The van der Waals surface area contributed by atoms with E-state index in [0.29, 0.717) is 10.8 Å². The third-order valence-corrected chi connectivity index (χ3v) is 3.93. The number of unbranched alkanes of at least 4 members (excludes halogenated alkanes) is 6. The van der Waals surface area contributed by atoms with Crippen molar-refractivity contribution in [1.82, 2.24) is 0 Å². The lowest BCUT2D eigenvalue weighted by atomic mass is 9.89. The van der Waals surface area contributed by atoms with E-state index in [0.717, 1.165) is 13.2 Å². The summed E-state index contributed by atoms with van der Waals surface area (Å²) in [6, 6.07) is 0. The summed E-state index contributed by atoms with van der Waals surface area (Å²) >= 11 is 0. The highest BCUT2D eigenvalue weighted by molar-refractivity contribution is 4.61. The molecule has 1 nitrogen and oxygen atoms in total. The molecular weight excluding hydrogens is 256 g/mol. The van der Waals surface area contributed by atoms with Crippen LogP contribution in [-0.2, 0) is 4.74 Å². The first-order valence-electron chi connectivity index (χ1n) is 9.28. The van der Waals surface area contributed by atoms with Crippen LogP contribution in [0, 0.1) is 10.8 Å². The summed E-state index contributed by atoms with van der Waals surface area (Å²) in [5, 5.41) is 0. The quantitative estimate of drug-likeness (QED) is 0.352. The average Bonchev–Trinajstić information content (AvgIpc) is 2.32. The van der Waals surface area contributed by atoms with Crippen LogP contribution in [0.5, 0.6) is 0 Å². The first-order chi connectivity index (χ1) is 9.71. The van der Waals surface area contributed by atoms with Gasteiger partial charge < -0.3 is 4.74 Å². The fourth-order valence-electron chi connectivity index (χ4n) is 2.53. The molecule has 1 heteroatoms. The Balaban J connectivity index is 3.10. The predicted molar refractivity (Wildman–Crippen MR) is 95.9 cm³/mol. The Bertz CT molecular complexity index is 195. The molecule has 0 unspecified atom stereocenters. The van der Waals surface area contributed by atoms with Gasteiger partial charge in [-0.2, -0.15) is 0 Å². The summed E-state index contributed by atoms with van der Waals surface area (Å²) < 4.78 is 5.73. The molecule has 0 saturated heterocycles. The Morgan fingerprint density at radius 1 is 0.476 bits per heavy atom. The first-order valence-corrected chi connectivity index (χ1v) is 9.28.